The number of amides is 1. The molecule has 0 aliphatic rings. The summed E-state index contributed by atoms with van der Waals surface area (Å²) in [6.45, 7) is 4.49. The number of aryl methyl sites for hydroxylation is 2. The van der Waals surface area contributed by atoms with Gasteiger partial charge in [0, 0.05) is 0 Å². The molecule has 4 nitrogen and oxygen atoms in total. The van der Waals surface area contributed by atoms with Crippen molar-refractivity contribution in [3.63, 3.8) is 0 Å². The predicted molar refractivity (Wildman–Crippen MR) is 90.1 cm³/mol. The van der Waals surface area contributed by atoms with Gasteiger partial charge in [0.2, 0.25) is 0 Å². The Bertz CT molecular complexity index is 682. The van der Waals surface area contributed by atoms with Crippen LogP contribution >= 0.6 is 0 Å². The quantitative estimate of drug-likeness (QED) is 0.825. The van der Waals surface area contributed by atoms with Gasteiger partial charge in [0.05, 0.1) is 0 Å². The van der Waals surface area contributed by atoms with E-state index in [1.807, 2.05) is 18.2 Å². The largest absolute Gasteiger partial charge is 0.489 e. The second kappa shape index (κ2) is 7.79. The fourth-order valence-electron chi connectivity index (χ4n) is 2.51. The third kappa shape index (κ3) is 4.11. The van der Waals surface area contributed by atoms with Crippen LogP contribution in [0.4, 0.5) is 0 Å². The Morgan fingerprint density at radius 1 is 1.13 bits per heavy atom. The number of benzene rings is 2. The van der Waals surface area contributed by atoms with Crippen molar-refractivity contribution in [2.45, 2.75) is 39.4 Å². The number of primary amides is 1. The van der Waals surface area contributed by atoms with Crippen molar-refractivity contribution in [3.8, 4) is 5.75 Å². The summed E-state index contributed by atoms with van der Waals surface area (Å²) in [7, 11) is 0. The van der Waals surface area contributed by atoms with Crippen molar-refractivity contribution in [2.75, 3.05) is 0 Å². The van der Waals surface area contributed by atoms with Gasteiger partial charge in [-0.15, -0.1) is 0 Å². The summed E-state index contributed by atoms with van der Waals surface area (Å²) >= 11 is 0. The summed E-state index contributed by atoms with van der Waals surface area (Å²) < 4.78 is 5.92. The van der Waals surface area contributed by atoms with E-state index in [0.29, 0.717) is 5.56 Å². The minimum absolute atomic E-state index is 0.277. The van der Waals surface area contributed by atoms with E-state index >= 15 is 0 Å². The lowest BCUT2D eigenvalue weighted by Crippen LogP contribution is -2.22. The van der Waals surface area contributed by atoms with Crippen LogP contribution in [0.25, 0.3) is 0 Å². The van der Waals surface area contributed by atoms with E-state index in [1.165, 1.54) is 5.56 Å². The minimum atomic E-state index is -1.32. The Labute approximate surface area is 136 Å². The standard InChI is InChI=1S/C19H23NO3/c1-3-13-9-10-17(14(4-2)11-13)23-12-15-7-5-6-8-16(15)18(21)19(20)22/h5-11,18,21H,3-4,12H2,1-2H3,(H2,20,22). The summed E-state index contributed by atoms with van der Waals surface area (Å²) in [4.78, 5) is 11.2. The molecular weight excluding hydrogens is 290 g/mol. The van der Waals surface area contributed by atoms with E-state index in [4.69, 9.17) is 10.5 Å². The van der Waals surface area contributed by atoms with Crippen LogP contribution in [-0.2, 0) is 24.2 Å². The van der Waals surface area contributed by atoms with Crippen molar-refractivity contribution in [1.82, 2.24) is 0 Å². The van der Waals surface area contributed by atoms with Crippen LogP contribution in [0.1, 0.15) is 42.2 Å². The molecule has 0 saturated heterocycles. The maximum absolute atomic E-state index is 11.2. The lowest BCUT2D eigenvalue weighted by atomic mass is 10.0. The smallest absolute Gasteiger partial charge is 0.250 e. The zero-order chi connectivity index (χ0) is 16.8. The van der Waals surface area contributed by atoms with Crippen molar-refractivity contribution >= 4 is 5.91 Å². The van der Waals surface area contributed by atoms with Gasteiger partial charge in [-0.1, -0.05) is 50.2 Å². The van der Waals surface area contributed by atoms with Crippen LogP contribution in [0.3, 0.4) is 0 Å². The van der Waals surface area contributed by atoms with E-state index in [2.05, 4.69) is 26.0 Å². The van der Waals surface area contributed by atoms with Gasteiger partial charge >= 0.3 is 0 Å². The molecule has 23 heavy (non-hydrogen) atoms. The van der Waals surface area contributed by atoms with Crippen LogP contribution in [0.2, 0.25) is 0 Å². The highest BCUT2D eigenvalue weighted by Crippen LogP contribution is 2.24. The summed E-state index contributed by atoms with van der Waals surface area (Å²) in [5.41, 5.74) is 8.86. The summed E-state index contributed by atoms with van der Waals surface area (Å²) in [6, 6.07) is 13.3. The van der Waals surface area contributed by atoms with E-state index in [0.717, 1.165) is 29.7 Å². The normalized spacial score (nSPS) is 12.0. The van der Waals surface area contributed by atoms with Crippen LogP contribution in [0.5, 0.6) is 5.75 Å². The minimum Gasteiger partial charge on any atom is -0.489 e. The summed E-state index contributed by atoms with van der Waals surface area (Å²) in [6.07, 6.45) is 0.554. The lowest BCUT2D eigenvalue weighted by molar-refractivity contribution is -0.126. The molecule has 0 heterocycles. The van der Waals surface area contributed by atoms with Gasteiger partial charge in [0.15, 0.2) is 6.10 Å². The van der Waals surface area contributed by atoms with Crippen LogP contribution in [0.15, 0.2) is 42.5 Å². The van der Waals surface area contributed by atoms with Crippen LogP contribution in [-0.4, -0.2) is 11.0 Å². The number of rotatable bonds is 7. The zero-order valence-corrected chi connectivity index (χ0v) is 13.6. The Morgan fingerprint density at radius 2 is 1.87 bits per heavy atom. The highest BCUT2D eigenvalue weighted by atomic mass is 16.5. The molecule has 1 atom stereocenters. The first kappa shape index (κ1) is 17.0. The summed E-state index contributed by atoms with van der Waals surface area (Å²) in [5, 5.41) is 9.91. The Balaban J connectivity index is 2.20. The SMILES string of the molecule is CCc1ccc(OCc2ccccc2C(O)C(N)=O)c(CC)c1. The van der Waals surface area contributed by atoms with Gasteiger partial charge in [0.1, 0.15) is 12.4 Å². The van der Waals surface area contributed by atoms with E-state index < -0.39 is 12.0 Å². The number of aliphatic hydroxyl groups is 1. The van der Waals surface area contributed by atoms with Crippen molar-refractivity contribution in [2.24, 2.45) is 5.73 Å². The molecule has 1 amide bonds. The highest BCUT2D eigenvalue weighted by Gasteiger charge is 2.17. The average Bonchev–Trinajstić information content (AvgIpc) is 2.59. The molecule has 2 aromatic rings. The maximum atomic E-state index is 11.2. The number of hydrogen-bond acceptors (Lipinski definition) is 3. The molecule has 0 saturated carbocycles. The first-order chi connectivity index (χ1) is 11.1. The molecule has 3 N–H and O–H groups in total. The van der Waals surface area contributed by atoms with E-state index in [1.54, 1.807) is 12.1 Å². The van der Waals surface area contributed by atoms with Gasteiger partial charge in [-0.25, -0.2) is 0 Å². The highest BCUT2D eigenvalue weighted by molar-refractivity contribution is 5.80. The van der Waals surface area contributed by atoms with Gasteiger partial charge in [0.25, 0.3) is 5.91 Å². The van der Waals surface area contributed by atoms with Gasteiger partial charge in [-0.2, -0.15) is 0 Å². The topological polar surface area (TPSA) is 72.6 Å². The van der Waals surface area contributed by atoms with Crippen molar-refractivity contribution in [3.05, 3.63) is 64.7 Å². The maximum Gasteiger partial charge on any atom is 0.250 e. The number of carbonyl (C=O) groups excluding carboxylic acids is 1. The average molecular weight is 313 g/mol. The first-order valence-electron chi connectivity index (χ1n) is 7.86. The molecule has 0 aliphatic carbocycles. The zero-order valence-electron chi connectivity index (χ0n) is 13.6. The van der Waals surface area contributed by atoms with Gasteiger partial charge < -0.3 is 15.6 Å². The third-order valence-corrected chi connectivity index (χ3v) is 3.92. The molecule has 0 aromatic heterocycles. The van der Waals surface area contributed by atoms with Gasteiger partial charge in [-0.05, 0) is 41.2 Å². The Morgan fingerprint density at radius 3 is 2.52 bits per heavy atom. The monoisotopic (exact) mass is 313 g/mol. The molecule has 0 fully saturated rings. The lowest BCUT2D eigenvalue weighted by Gasteiger charge is -2.16. The molecule has 0 bridgehead atoms. The number of carbonyl (C=O) groups is 1. The van der Waals surface area contributed by atoms with Crippen LogP contribution < -0.4 is 10.5 Å². The second-order valence-corrected chi connectivity index (χ2v) is 5.44. The molecule has 0 spiro atoms. The second-order valence-electron chi connectivity index (χ2n) is 5.44. The molecule has 2 aromatic carbocycles. The van der Waals surface area contributed by atoms with Gasteiger partial charge in [-0.3, -0.25) is 4.79 Å². The third-order valence-electron chi connectivity index (χ3n) is 3.92. The molecule has 0 aliphatic heterocycles. The molecule has 122 valence electrons. The Kier molecular flexibility index (Phi) is 5.77. The number of aliphatic hydroxyl groups excluding tert-OH is 1. The predicted octanol–water partition coefficient (Wildman–Crippen LogP) is 2.91. The number of hydrogen-bond donors (Lipinski definition) is 2. The Hall–Kier alpha value is -2.33. The first-order valence-corrected chi connectivity index (χ1v) is 7.86. The fourth-order valence-corrected chi connectivity index (χ4v) is 2.51. The molecule has 1 unspecified atom stereocenters. The molecule has 2 rings (SSSR count). The van der Waals surface area contributed by atoms with Crippen LogP contribution in [0, 0.1) is 0 Å². The summed E-state index contributed by atoms with van der Waals surface area (Å²) in [5.74, 6) is 0.0621. The molecule has 0 radical (unpaired) electrons. The van der Waals surface area contributed by atoms with E-state index in [-0.39, 0.29) is 6.61 Å². The number of ether oxygens (including phenoxy) is 1. The fraction of sp³-hybridized carbons (Fsp3) is 0.316. The molecular formula is C19H23NO3. The molecule has 4 heteroatoms. The van der Waals surface area contributed by atoms with Crippen molar-refractivity contribution in [1.29, 1.82) is 0 Å². The van der Waals surface area contributed by atoms with E-state index in [9.17, 15) is 9.90 Å². The van der Waals surface area contributed by atoms with Crippen molar-refractivity contribution < 1.29 is 14.6 Å². The number of nitrogens with two attached hydrogens (primary N) is 1.